The average molecular weight is 351 g/mol. The molecule has 0 spiro atoms. The lowest BCUT2D eigenvalue weighted by atomic mass is 10.1. The van der Waals surface area contributed by atoms with Crippen molar-refractivity contribution in [2.75, 3.05) is 7.11 Å². The first-order chi connectivity index (χ1) is 10.1. The van der Waals surface area contributed by atoms with E-state index in [1.807, 2.05) is 0 Å². The van der Waals surface area contributed by atoms with Crippen molar-refractivity contribution in [3.8, 4) is 11.5 Å². The molecule has 0 saturated carbocycles. The van der Waals surface area contributed by atoms with Crippen molar-refractivity contribution in [1.82, 2.24) is 9.97 Å². The van der Waals surface area contributed by atoms with E-state index in [0.717, 1.165) is 0 Å². The molecule has 1 aromatic carbocycles. The topological polar surface area (TPSA) is 65.2 Å². The number of aromatic nitrogens is 2. The number of carbonyl (C=O) groups is 1. The van der Waals surface area contributed by atoms with Crippen LogP contribution in [-0.2, 0) is 4.74 Å². The third-order valence-corrected chi connectivity index (χ3v) is 3.29. The Bertz CT molecular complexity index is 847. The highest BCUT2D eigenvalue weighted by Gasteiger charge is 2.19. The number of hydrogen-bond acceptors (Lipinski definition) is 5. The van der Waals surface area contributed by atoms with Gasteiger partial charge in [-0.25, -0.2) is 19.2 Å². The summed E-state index contributed by atoms with van der Waals surface area (Å²) in [4.78, 5) is 20.1. The predicted molar refractivity (Wildman–Crippen MR) is 76.2 cm³/mol. The van der Waals surface area contributed by atoms with Crippen LogP contribution in [0.1, 0.15) is 10.4 Å². The smallest absolute Gasteiger partial charge is 0.338 e. The lowest BCUT2D eigenvalue weighted by Crippen LogP contribution is -2.04. The molecule has 0 unspecified atom stereocenters. The molecule has 2 aromatic heterocycles. The van der Waals surface area contributed by atoms with Gasteiger partial charge in [0.05, 0.1) is 18.2 Å². The number of oxazole rings is 1. The Morgan fingerprint density at radius 2 is 2.19 bits per heavy atom. The molecule has 0 radical (unpaired) electrons. The van der Waals surface area contributed by atoms with E-state index in [1.165, 1.54) is 37.6 Å². The Balaban J connectivity index is 2.20. The van der Waals surface area contributed by atoms with Crippen molar-refractivity contribution >= 4 is 33.0 Å². The van der Waals surface area contributed by atoms with Gasteiger partial charge < -0.3 is 9.15 Å². The minimum absolute atomic E-state index is 0.177. The summed E-state index contributed by atoms with van der Waals surface area (Å²) in [6.07, 6.45) is 1.44. The fraction of sp³-hybridized carbons (Fsp3) is 0.0714. The third-order valence-electron chi connectivity index (χ3n) is 2.86. The number of carbonyl (C=O) groups excluding carboxylic acids is 1. The van der Waals surface area contributed by atoms with E-state index in [2.05, 4.69) is 25.9 Å². The number of halogens is 2. The first-order valence-electron chi connectivity index (χ1n) is 5.89. The Morgan fingerprint density at radius 3 is 2.95 bits per heavy atom. The number of ether oxygens (including phenoxy) is 1. The molecule has 7 heteroatoms. The minimum Gasteiger partial charge on any atom is -0.465 e. The number of nitrogens with zero attached hydrogens (tertiary/aromatic N) is 2. The van der Waals surface area contributed by atoms with E-state index in [-0.39, 0.29) is 11.5 Å². The predicted octanol–water partition coefficient (Wildman–Crippen LogP) is 3.58. The summed E-state index contributed by atoms with van der Waals surface area (Å²) < 4.78 is 23.9. The molecule has 2 heterocycles. The number of benzene rings is 1. The highest BCUT2D eigenvalue weighted by molar-refractivity contribution is 9.10. The fourth-order valence-corrected chi connectivity index (χ4v) is 2.22. The maximum absolute atomic E-state index is 13.2. The molecule has 0 aliphatic heterocycles. The molecule has 0 aliphatic carbocycles. The van der Waals surface area contributed by atoms with Gasteiger partial charge in [-0.05, 0) is 34.1 Å². The molecule has 0 amide bonds. The largest absolute Gasteiger partial charge is 0.465 e. The summed E-state index contributed by atoms with van der Waals surface area (Å²) in [7, 11) is 1.28. The number of esters is 1. The molecule has 21 heavy (non-hydrogen) atoms. The maximum Gasteiger partial charge on any atom is 0.338 e. The van der Waals surface area contributed by atoms with E-state index in [0.29, 0.717) is 21.3 Å². The van der Waals surface area contributed by atoms with Gasteiger partial charge in [0.15, 0.2) is 5.58 Å². The second-order valence-electron chi connectivity index (χ2n) is 4.18. The number of pyridine rings is 1. The fourth-order valence-electron chi connectivity index (χ4n) is 1.89. The van der Waals surface area contributed by atoms with Gasteiger partial charge in [-0.1, -0.05) is 0 Å². The zero-order valence-electron chi connectivity index (χ0n) is 10.8. The Morgan fingerprint density at radius 1 is 1.38 bits per heavy atom. The van der Waals surface area contributed by atoms with E-state index in [1.54, 1.807) is 0 Å². The van der Waals surface area contributed by atoms with E-state index < -0.39 is 11.8 Å². The standard InChI is InChI=1S/C14H8BrFN2O3/c1-20-14(19)8-5-12(15)17-6-9(8)13-18-10-3-2-7(16)4-11(10)21-13/h2-6H,1H3. The van der Waals surface area contributed by atoms with Crippen LogP contribution in [0.4, 0.5) is 4.39 Å². The monoisotopic (exact) mass is 350 g/mol. The van der Waals surface area contributed by atoms with Gasteiger partial charge in [-0.3, -0.25) is 0 Å². The summed E-state index contributed by atoms with van der Waals surface area (Å²) in [6.45, 7) is 0. The maximum atomic E-state index is 13.2. The number of fused-ring (bicyclic) bond motifs is 1. The van der Waals surface area contributed by atoms with Gasteiger partial charge >= 0.3 is 5.97 Å². The van der Waals surface area contributed by atoms with Crippen LogP contribution in [-0.4, -0.2) is 23.0 Å². The summed E-state index contributed by atoms with van der Waals surface area (Å²) in [5.41, 5.74) is 1.42. The van der Waals surface area contributed by atoms with Crippen LogP contribution in [0.2, 0.25) is 0 Å². The molecular weight excluding hydrogens is 343 g/mol. The van der Waals surface area contributed by atoms with Crippen LogP contribution in [0.15, 0.2) is 39.5 Å². The molecule has 3 rings (SSSR count). The third kappa shape index (κ3) is 2.52. The second-order valence-corrected chi connectivity index (χ2v) is 4.99. The molecule has 0 aliphatic rings. The summed E-state index contributed by atoms with van der Waals surface area (Å²) in [5.74, 6) is -0.787. The Hall–Kier alpha value is -2.28. The van der Waals surface area contributed by atoms with E-state index in [4.69, 9.17) is 9.15 Å². The van der Waals surface area contributed by atoms with Gasteiger partial charge in [0.25, 0.3) is 0 Å². The van der Waals surface area contributed by atoms with Gasteiger partial charge in [0.2, 0.25) is 5.89 Å². The normalized spacial score (nSPS) is 10.8. The van der Waals surface area contributed by atoms with Crippen LogP contribution in [0.3, 0.4) is 0 Å². The average Bonchev–Trinajstić information content (AvgIpc) is 2.89. The lowest BCUT2D eigenvalue weighted by Gasteiger charge is -2.04. The van der Waals surface area contributed by atoms with E-state index in [9.17, 15) is 9.18 Å². The quantitative estimate of drug-likeness (QED) is 0.522. The molecule has 3 aromatic rings. The summed E-state index contributed by atoms with van der Waals surface area (Å²) >= 11 is 3.19. The Kier molecular flexibility index (Phi) is 3.42. The lowest BCUT2D eigenvalue weighted by molar-refractivity contribution is 0.0601. The second kappa shape index (κ2) is 5.25. The molecule has 0 bridgehead atoms. The van der Waals surface area contributed by atoms with Crippen molar-refractivity contribution in [1.29, 1.82) is 0 Å². The molecule has 5 nitrogen and oxygen atoms in total. The SMILES string of the molecule is COC(=O)c1cc(Br)ncc1-c1nc2ccc(F)cc2o1. The Labute approximate surface area is 126 Å². The minimum atomic E-state index is -0.540. The molecule has 0 fully saturated rings. The van der Waals surface area contributed by atoms with Crippen molar-refractivity contribution in [2.24, 2.45) is 0 Å². The highest BCUT2D eigenvalue weighted by atomic mass is 79.9. The number of hydrogen-bond donors (Lipinski definition) is 0. The zero-order valence-corrected chi connectivity index (χ0v) is 12.3. The first kappa shape index (κ1) is 13.7. The molecule has 0 saturated heterocycles. The molecule has 0 N–H and O–H groups in total. The van der Waals surface area contributed by atoms with E-state index >= 15 is 0 Å². The zero-order chi connectivity index (χ0) is 15.0. The van der Waals surface area contributed by atoms with Gasteiger partial charge in [0, 0.05) is 12.3 Å². The number of rotatable bonds is 2. The van der Waals surface area contributed by atoms with Crippen molar-refractivity contribution in [3.63, 3.8) is 0 Å². The molecular formula is C14H8BrFN2O3. The molecule has 106 valence electrons. The van der Waals surface area contributed by atoms with Crippen LogP contribution in [0.5, 0.6) is 0 Å². The van der Waals surface area contributed by atoms with Crippen LogP contribution in [0, 0.1) is 5.82 Å². The number of methoxy groups -OCH3 is 1. The summed E-state index contributed by atoms with van der Waals surface area (Å²) in [6, 6.07) is 5.53. The first-order valence-corrected chi connectivity index (χ1v) is 6.68. The van der Waals surface area contributed by atoms with Crippen LogP contribution >= 0.6 is 15.9 Å². The molecule has 0 atom stereocenters. The van der Waals surface area contributed by atoms with Crippen molar-refractivity contribution in [3.05, 3.63) is 46.4 Å². The summed E-state index contributed by atoms with van der Waals surface area (Å²) in [5, 5.41) is 0. The van der Waals surface area contributed by atoms with Gasteiger partial charge in [-0.15, -0.1) is 0 Å². The van der Waals surface area contributed by atoms with Crippen molar-refractivity contribution in [2.45, 2.75) is 0 Å². The van der Waals surface area contributed by atoms with Crippen LogP contribution < -0.4 is 0 Å². The van der Waals surface area contributed by atoms with Gasteiger partial charge in [-0.2, -0.15) is 0 Å². The van der Waals surface area contributed by atoms with Crippen LogP contribution in [0.25, 0.3) is 22.6 Å². The highest BCUT2D eigenvalue weighted by Crippen LogP contribution is 2.28. The van der Waals surface area contributed by atoms with Gasteiger partial charge in [0.1, 0.15) is 15.9 Å². The van der Waals surface area contributed by atoms with Crippen molar-refractivity contribution < 1.29 is 18.3 Å².